The van der Waals surface area contributed by atoms with E-state index in [0.29, 0.717) is 29.7 Å². The number of hydrogen-bond donors (Lipinski definition) is 0. The van der Waals surface area contributed by atoms with Crippen LogP contribution in [0.4, 0.5) is 0 Å². The Bertz CT molecular complexity index is 2550. The van der Waals surface area contributed by atoms with Crippen LogP contribution in [-0.4, -0.2) is 48.1 Å². The monoisotopic (exact) mass is 774 g/mol. The van der Waals surface area contributed by atoms with Gasteiger partial charge in [0.25, 0.3) is 0 Å². The van der Waals surface area contributed by atoms with E-state index in [1.54, 1.807) is 30.9 Å². The van der Waals surface area contributed by atoms with Crippen LogP contribution in [0.5, 0.6) is 5.75 Å². The van der Waals surface area contributed by atoms with Crippen molar-refractivity contribution >= 4 is 45.9 Å². The highest BCUT2D eigenvalue weighted by Crippen LogP contribution is 2.46. The number of allylic oxidation sites excluding steroid dienone is 2. The number of methoxy groups -OCH3 is 1. The molecule has 4 aromatic heterocycles. The fraction of sp³-hybridized carbons (Fsp3) is 0.333. The van der Waals surface area contributed by atoms with Crippen LogP contribution >= 0.6 is 0 Å². The summed E-state index contributed by atoms with van der Waals surface area (Å²) in [4.78, 5) is 42.1. The van der Waals surface area contributed by atoms with E-state index in [-0.39, 0.29) is 11.9 Å². The summed E-state index contributed by atoms with van der Waals surface area (Å²) in [5, 5.41) is 2.40. The molecule has 0 atom stereocenters. The molecule has 0 N–H and O–H groups in total. The molecule has 0 unspecified atom stereocenters. The Morgan fingerprint density at radius 3 is 2.09 bits per heavy atom. The summed E-state index contributed by atoms with van der Waals surface area (Å²) in [5.74, 6) is 0.890. The zero-order chi connectivity index (χ0) is 40.2. The number of carbonyl (C=O) groups excluding carboxylic acids is 2. The molecule has 58 heavy (non-hydrogen) atoms. The number of nitrogens with zero attached hydrogens (tertiary/aromatic N) is 6. The van der Waals surface area contributed by atoms with Gasteiger partial charge in [-0.25, -0.2) is 4.79 Å². The van der Waals surface area contributed by atoms with Gasteiger partial charge in [-0.05, 0) is 85.1 Å². The van der Waals surface area contributed by atoms with Crippen LogP contribution in [-0.2, 0) is 22.6 Å². The second-order valence-corrected chi connectivity index (χ2v) is 15.4. The lowest BCUT2D eigenvalue weighted by atomic mass is 9.82. The van der Waals surface area contributed by atoms with E-state index < -0.39 is 0 Å². The number of hydrogen-bond acceptors (Lipinski definition) is 8. The number of fused-ring (bicyclic) bond motifs is 6. The molecule has 1 aliphatic heterocycles. The van der Waals surface area contributed by atoms with Gasteiger partial charge in [0.15, 0.2) is 0 Å². The van der Waals surface area contributed by atoms with E-state index in [4.69, 9.17) is 19.4 Å². The van der Waals surface area contributed by atoms with E-state index in [0.717, 1.165) is 64.6 Å². The normalized spacial score (nSPS) is 15.5. The fourth-order valence-electron chi connectivity index (χ4n) is 9.44. The predicted molar refractivity (Wildman–Crippen MR) is 230 cm³/mol. The Kier molecular flexibility index (Phi) is 11.4. The van der Waals surface area contributed by atoms with Gasteiger partial charge in [0, 0.05) is 67.2 Å². The van der Waals surface area contributed by atoms with Gasteiger partial charge in [0.2, 0.25) is 0 Å². The summed E-state index contributed by atoms with van der Waals surface area (Å²) in [6, 6.07) is 11.8. The Morgan fingerprint density at radius 1 is 0.776 bits per heavy atom. The van der Waals surface area contributed by atoms with Crippen LogP contribution in [0.3, 0.4) is 0 Å². The highest BCUT2D eigenvalue weighted by atomic mass is 16.5. The van der Waals surface area contributed by atoms with Gasteiger partial charge in [0.1, 0.15) is 17.1 Å². The summed E-state index contributed by atoms with van der Waals surface area (Å²) >= 11 is 0. The summed E-state index contributed by atoms with van der Waals surface area (Å²) in [6.45, 7) is 10.7. The maximum absolute atomic E-state index is 12.1. The molecule has 0 amide bonds. The summed E-state index contributed by atoms with van der Waals surface area (Å²) in [5.41, 5.74) is 11.0. The third-order valence-electron chi connectivity index (χ3n) is 11.9. The van der Waals surface area contributed by atoms with Crippen molar-refractivity contribution in [2.45, 2.75) is 96.1 Å². The Morgan fingerprint density at radius 2 is 1.41 bits per heavy atom. The van der Waals surface area contributed by atoms with Crippen molar-refractivity contribution in [2.75, 3.05) is 7.11 Å². The standard InChI is InChI=1S/C25H27N3O2.C23H23N3O2/c1-4-15-28-22-16-19(30-17(3)29)11-12-20(22)23(18-9-7-6-8-10-18)25(28)24-21(5-2)26-13-14-27-24;1-28-23(27)16-9-10-17-19(14-16)26-13-5-8-18-21(25-12-11-24-18)22(26)20(17)15-6-3-2-4-7-15/h4-5,11-14,16,18H,1-2,6-10,15H2,3H3;5,8-12,14-15H,2-4,6-7,13H2,1H3. The molecule has 3 aliphatic rings. The fourth-order valence-corrected chi connectivity index (χ4v) is 9.44. The molecular formula is C48H50N6O4. The van der Waals surface area contributed by atoms with Crippen LogP contribution in [0.25, 0.3) is 56.7 Å². The third kappa shape index (κ3) is 7.39. The molecule has 0 radical (unpaired) electrons. The Hall–Kier alpha value is -6.16. The molecule has 2 aliphatic carbocycles. The molecule has 2 fully saturated rings. The van der Waals surface area contributed by atoms with Crippen LogP contribution < -0.4 is 4.74 Å². The molecule has 0 saturated heterocycles. The number of rotatable bonds is 8. The van der Waals surface area contributed by atoms with Gasteiger partial charge in [-0.2, -0.15) is 0 Å². The summed E-state index contributed by atoms with van der Waals surface area (Å²) in [6.07, 6.45) is 27.1. The van der Waals surface area contributed by atoms with Crippen molar-refractivity contribution in [3.63, 3.8) is 0 Å². The van der Waals surface area contributed by atoms with E-state index in [1.165, 1.54) is 87.3 Å². The topological polar surface area (TPSA) is 114 Å². The molecule has 296 valence electrons. The molecule has 0 bridgehead atoms. The number of benzene rings is 2. The zero-order valence-corrected chi connectivity index (χ0v) is 33.5. The van der Waals surface area contributed by atoms with Crippen LogP contribution in [0, 0.1) is 0 Å². The second-order valence-electron chi connectivity index (χ2n) is 15.4. The average Bonchev–Trinajstić information content (AvgIpc) is 3.67. The van der Waals surface area contributed by atoms with E-state index in [2.05, 4.69) is 56.5 Å². The lowest BCUT2D eigenvalue weighted by Crippen LogP contribution is -2.08. The molecular weight excluding hydrogens is 725 g/mol. The minimum atomic E-state index is -0.327. The Balaban J connectivity index is 0.000000162. The maximum atomic E-state index is 12.1. The molecule has 10 nitrogen and oxygen atoms in total. The van der Waals surface area contributed by atoms with Crippen molar-refractivity contribution in [2.24, 2.45) is 0 Å². The number of ether oxygens (including phenoxy) is 2. The molecule has 5 heterocycles. The highest BCUT2D eigenvalue weighted by Gasteiger charge is 2.30. The smallest absolute Gasteiger partial charge is 0.337 e. The van der Waals surface area contributed by atoms with E-state index in [9.17, 15) is 9.59 Å². The lowest BCUT2D eigenvalue weighted by molar-refractivity contribution is -0.131. The maximum Gasteiger partial charge on any atom is 0.337 e. The van der Waals surface area contributed by atoms with Gasteiger partial charge in [0.05, 0.1) is 41.0 Å². The van der Waals surface area contributed by atoms with Crippen molar-refractivity contribution in [3.8, 4) is 28.5 Å². The molecule has 9 rings (SSSR count). The largest absolute Gasteiger partial charge is 0.465 e. The third-order valence-corrected chi connectivity index (χ3v) is 11.9. The molecule has 6 aromatic rings. The Labute approximate surface area is 339 Å². The SMILES string of the molecule is C=CCn1c(-c2nccnc2C=C)c(C2CCCCC2)c2ccc(OC(C)=O)cc21.COC(=O)c1ccc2c(C3CCCCC3)c3n(c2c1)CC=Cc1nccnc1-3. The first-order valence-corrected chi connectivity index (χ1v) is 20.5. The minimum Gasteiger partial charge on any atom is -0.465 e. The van der Waals surface area contributed by atoms with Gasteiger partial charge >= 0.3 is 11.9 Å². The van der Waals surface area contributed by atoms with Crippen molar-refractivity contribution in [3.05, 3.63) is 115 Å². The first-order chi connectivity index (χ1) is 28.4. The number of carbonyl (C=O) groups is 2. The molecule has 0 spiro atoms. The van der Waals surface area contributed by atoms with E-state index >= 15 is 0 Å². The van der Waals surface area contributed by atoms with Crippen LogP contribution in [0.2, 0.25) is 0 Å². The van der Waals surface area contributed by atoms with Crippen LogP contribution in [0.1, 0.15) is 116 Å². The first-order valence-electron chi connectivity index (χ1n) is 20.5. The molecule has 10 heteroatoms. The number of esters is 2. The van der Waals surface area contributed by atoms with Gasteiger partial charge in [-0.3, -0.25) is 24.7 Å². The molecule has 2 aromatic carbocycles. The van der Waals surface area contributed by atoms with Gasteiger partial charge < -0.3 is 18.6 Å². The van der Waals surface area contributed by atoms with Crippen molar-refractivity contribution in [1.29, 1.82) is 0 Å². The zero-order valence-electron chi connectivity index (χ0n) is 33.5. The van der Waals surface area contributed by atoms with Gasteiger partial charge in [-0.15, -0.1) is 6.58 Å². The average molecular weight is 775 g/mol. The van der Waals surface area contributed by atoms with Crippen molar-refractivity contribution in [1.82, 2.24) is 29.1 Å². The predicted octanol–water partition coefficient (Wildman–Crippen LogP) is 10.9. The highest BCUT2D eigenvalue weighted by molar-refractivity contribution is 5.99. The van der Waals surface area contributed by atoms with E-state index in [1.807, 2.05) is 30.3 Å². The number of aromatic nitrogens is 6. The molecule has 2 saturated carbocycles. The quantitative estimate of drug-likeness (QED) is 0.0853. The van der Waals surface area contributed by atoms with Crippen molar-refractivity contribution < 1.29 is 19.1 Å². The summed E-state index contributed by atoms with van der Waals surface area (Å²) in [7, 11) is 1.42. The second kappa shape index (κ2) is 17.1. The van der Waals surface area contributed by atoms with Crippen LogP contribution in [0.15, 0.2) is 86.5 Å². The first kappa shape index (κ1) is 38.7. The minimum absolute atomic E-state index is 0.305. The summed E-state index contributed by atoms with van der Waals surface area (Å²) < 4.78 is 14.8. The lowest BCUT2D eigenvalue weighted by Gasteiger charge is -2.23. The van der Waals surface area contributed by atoms with Gasteiger partial charge in [-0.1, -0.05) is 63.3 Å².